The largest absolute Gasteiger partial charge is 0.508 e. The minimum atomic E-state index is -3.16. The number of aryl methyl sites for hydroxylation is 1. The van der Waals surface area contributed by atoms with E-state index in [-0.39, 0.29) is 11.5 Å². The third-order valence-corrected chi connectivity index (χ3v) is 3.76. The molecule has 0 aliphatic rings. The van der Waals surface area contributed by atoms with Gasteiger partial charge in [-0.2, -0.15) is 0 Å². The van der Waals surface area contributed by atoms with Crippen LogP contribution in [-0.2, 0) is 9.84 Å². The van der Waals surface area contributed by atoms with Crippen molar-refractivity contribution in [2.75, 3.05) is 5.75 Å². The standard InChI is InChI=1S/C9H12O3S/c1-3-13(11,12)9-5-4-8(10)6-7(9)2/h4-6,10H,3H2,1-2H3. The average molecular weight is 200 g/mol. The Morgan fingerprint density at radius 1 is 1.38 bits per heavy atom. The number of sulfone groups is 1. The second-order valence-electron chi connectivity index (χ2n) is 2.85. The smallest absolute Gasteiger partial charge is 0.178 e. The highest BCUT2D eigenvalue weighted by Gasteiger charge is 2.13. The lowest BCUT2D eigenvalue weighted by Crippen LogP contribution is -2.05. The lowest BCUT2D eigenvalue weighted by Gasteiger charge is -2.05. The Labute approximate surface area is 77.9 Å². The van der Waals surface area contributed by atoms with E-state index in [9.17, 15) is 8.42 Å². The molecule has 1 aromatic carbocycles. The highest BCUT2D eigenvalue weighted by Crippen LogP contribution is 2.20. The summed E-state index contributed by atoms with van der Waals surface area (Å²) in [4.78, 5) is 0.299. The Hall–Kier alpha value is -1.03. The molecule has 0 radical (unpaired) electrons. The number of hydrogen-bond donors (Lipinski definition) is 1. The highest BCUT2D eigenvalue weighted by atomic mass is 32.2. The molecule has 0 saturated heterocycles. The van der Waals surface area contributed by atoms with Gasteiger partial charge in [0.1, 0.15) is 5.75 Å². The molecule has 0 unspecified atom stereocenters. The van der Waals surface area contributed by atoms with Gasteiger partial charge in [0, 0.05) is 0 Å². The van der Waals surface area contributed by atoms with Gasteiger partial charge in [0.15, 0.2) is 9.84 Å². The molecule has 0 saturated carbocycles. The van der Waals surface area contributed by atoms with Crippen LogP contribution in [0.2, 0.25) is 0 Å². The minimum Gasteiger partial charge on any atom is -0.508 e. The van der Waals surface area contributed by atoms with Crippen molar-refractivity contribution in [3.05, 3.63) is 23.8 Å². The van der Waals surface area contributed by atoms with Gasteiger partial charge in [-0.05, 0) is 30.7 Å². The number of phenols is 1. The SMILES string of the molecule is CCS(=O)(=O)c1ccc(O)cc1C. The summed E-state index contributed by atoms with van der Waals surface area (Å²) < 4.78 is 22.9. The molecule has 0 fully saturated rings. The van der Waals surface area contributed by atoms with Gasteiger partial charge in [-0.1, -0.05) is 6.92 Å². The summed E-state index contributed by atoms with van der Waals surface area (Å²) in [6.45, 7) is 3.27. The first-order chi connectivity index (χ1) is 5.97. The predicted octanol–water partition coefficient (Wildman–Crippen LogP) is 1.49. The van der Waals surface area contributed by atoms with Crippen molar-refractivity contribution in [3.8, 4) is 5.75 Å². The summed E-state index contributed by atoms with van der Waals surface area (Å²) in [5, 5.41) is 9.08. The molecule has 0 bridgehead atoms. The van der Waals surface area contributed by atoms with Crippen LogP contribution >= 0.6 is 0 Å². The van der Waals surface area contributed by atoms with Crippen LogP contribution in [-0.4, -0.2) is 19.3 Å². The zero-order valence-electron chi connectivity index (χ0n) is 7.61. The van der Waals surface area contributed by atoms with Crippen LogP contribution in [0.5, 0.6) is 5.75 Å². The molecule has 1 N–H and O–H groups in total. The predicted molar refractivity (Wildman–Crippen MR) is 50.6 cm³/mol. The van der Waals surface area contributed by atoms with E-state index >= 15 is 0 Å². The Bertz CT molecular complexity index is 407. The van der Waals surface area contributed by atoms with E-state index in [1.54, 1.807) is 13.8 Å². The molecular formula is C9H12O3S. The third-order valence-electron chi connectivity index (χ3n) is 1.87. The quantitative estimate of drug-likeness (QED) is 0.787. The molecule has 4 heteroatoms. The maximum atomic E-state index is 11.5. The van der Waals surface area contributed by atoms with Crippen LogP contribution in [0, 0.1) is 6.92 Å². The Kier molecular flexibility index (Phi) is 2.61. The maximum absolute atomic E-state index is 11.5. The number of hydrogen-bond acceptors (Lipinski definition) is 3. The molecular weight excluding hydrogens is 188 g/mol. The van der Waals surface area contributed by atoms with E-state index in [1.807, 2.05) is 0 Å². The molecule has 3 nitrogen and oxygen atoms in total. The first-order valence-electron chi connectivity index (χ1n) is 3.99. The van der Waals surface area contributed by atoms with E-state index in [1.165, 1.54) is 18.2 Å². The molecule has 0 atom stereocenters. The van der Waals surface area contributed by atoms with Gasteiger partial charge in [-0.25, -0.2) is 8.42 Å². The molecule has 0 amide bonds. The van der Waals surface area contributed by atoms with Gasteiger partial charge in [-0.3, -0.25) is 0 Å². The third kappa shape index (κ3) is 2.01. The van der Waals surface area contributed by atoms with E-state index in [0.29, 0.717) is 10.5 Å². The van der Waals surface area contributed by atoms with Gasteiger partial charge in [0.05, 0.1) is 10.6 Å². The fraction of sp³-hybridized carbons (Fsp3) is 0.333. The van der Waals surface area contributed by atoms with Crippen molar-refractivity contribution in [3.63, 3.8) is 0 Å². The van der Waals surface area contributed by atoms with Crippen molar-refractivity contribution >= 4 is 9.84 Å². The topological polar surface area (TPSA) is 54.4 Å². The minimum absolute atomic E-state index is 0.0820. The second kappa shape index (κ2) is 3.38. The Morgan fingerprint density at radius 2 is 2.00 bits per heavy atom. The summed E-state index contributed by atoms with van der Waals surface area (Å²) in [6, 6.07) is 4.27. The van der Waals surface area contributed by atoms with Crippen LogP contribution in [0.1, 0.15) is 12.5 Å². The summed E-state index contributed by atoms with van der Waals surface area (Å²) in [5.41, 5.74) is 0.585. The molecule has 0 aliphatic heterocycles. The Balaban J connectivity index is 3.33. The molecule has 1 rings (SSSR count). The van der Waals surface area contributed by atoms with Gasteiger partial charge < -0.3 is 5.11 Å². The van der Waals surface area contributed by atoms with Crippen molar-refractivity contribution < 1.29 is 13.5 Å². The second-order valence-corrected chi connectivity index (χ2v) is 5.10. The van der Waals surface area contributed by atoms with Crippen molar-refractivity contribution in [1.82, 2.24) is 0 Å². The summed E-state index contributed by atoms with van der Waals surface area (Å²) in [6.07, 6.45) is 0. The lowest BCUT2D eigenvalue weighted by molar-refractivity contribution is 0.474. The van der Waals surface area contributed by atoms with Crippen LogP contribution in [0.15, 0.2) is 23.1 Å². The van der Waals surface area contributed by atoms with Crippen LogP contribution < -0.4 is 0 Å². The fourth-order valence-electron chi connectivity index (χ4n) is 1.14. The van der Waals surface area contributed by atoms with Gasteiger partial charge >= 0.3 is 0 Å². The summed E-state index contributed by atoms with van der Waals surface area (Å²) in [7, 11) is -3.16. The van der Waals surface area contributed by atoms with Crippen LogP contribution in [0.4, 0.5) is 0 Å². The summed E-state index contributed by atoms with van der Waals surface area (Å²) >= 11 is 0. The van der Waals surface area contributed by atoms with Crippen molar-refractivity contribution in [2.24, 2.45) is 0 Å². The van der Waals surface area contributed by atoms with Crippen molar-refractivity contribution in [2.45, 2.75) is 18.7 Å². The number of aromatic hydroxyl groups is 1. The average Bonchev–Trinajstić information content (AvgIpc) is 2.03. The fourth-order valence-corrected chi connectivity index (χ4v) is 2.27. The Morgan fingerprint density at radius 3 is 2.46 bits per heavy atom. The molecule has 0 spiro atoms. The zero-order chi connectivity index (χ0) is 10.1. The molecule has 0 aliphatic carbocycles. The first kappa shape index (κ1) is 10.1. The van der Waals surface area contributed by atoms with E-state index in [0.717, 1.165) is 0 Å². The molecule has 0 heterocycles. The lowest BCUT2D eigenvalue weighted by atomic mass is 10.2. The van der Waals surface area contributed by atoms with E-state index in [2.05, 4.69) is 0 Å². The molecule has 0 aromatic heterocycles. The van der Waals surface area contributed by atoms with E-state index < -0.39 is 9.84 Å². The zero-order valence-corrected chi connectivity index (χ0v) is 8.43. The van der Waals surface area contributed by atoms with Gasteiger partial charge in [-0.15, -0.1) is 0 Å². The monoisotopic (exact) mass is 200 g/mol. The maximum Gasteiger partial charge on any atom is 0.178 e. The van der Waals surface area contributed by atoms with Crippen LogP contribution in [0.25, 0.3) is 0 Å². The normalized spacial score (nSPS) is 11.5. The van der Waals surface area contributed by atoms with Gasteiger partial charge in [0.2, 0.25) is 0 Å². The molecule has 72 valence electrons. The number of rotatable bonds is 2. The first-order valence-corrected chi connectivity index (χ1v) is 5.65. The summed E-state index contributed by atoms with van der Waals surface area (Å²) in [5.74, 6) is 0.172. The number of phenolic OH excluding ortho intramolecular Hbond substituents is 1. The van der Waals surface area contributed by atoms with Crippen molar-refractivity contribution in [1.29, 1.82) is 0 Å². The highest BCUT2D eigenvalue weighted by molar-refractivity contribution is 7.91. The number of benzene rings is 1. The molecule has 1 aromatic rings. The van der Waals surface area contributed by atoms with Crippen LogP contribution in [0.3, 0.4) is 0 Å². The van der Waals surface area contributed by atoms with E-state index in [4.69, 9.17) is 5.11 Å². The molecule has 13 heavy (non-hydrogen) atoms. The van der Waals surface area contributed by atoms with Gasteiger partial charge in [0.25, 0.3) is 0 Å².